The molecule has 0 saturated heterocycles. The largest absolute Gasteiger partial charge is 0.494 e. The van der Waals surface area contributed by atoms with Gasteiger partial charge in [0.1, 0.15) is 24.2 Å². The first kappa shape index (κ1) is 31.2. The maximum atomic E-state index is 13.9. The number of sulfonamides is 1. The van der Waals surface area contributed by atoms with Gasteiger partial charge in [-0.3, -0.25) is 13.9 Å². The van der Waals surface area contributed by atoms with E-state index in [2.05, 4.69) is 5.32 Å². The molecule has 1 unspecified atom stereocenters. The maximum absolute atomic E-state index is 13.9. The van der Waals surface area contributed by atoms with Crippen LogP contribution in [0.5, 0.6) is 5.75 Å². The van der Waals surface area contributed by atoms with Gasteiger partial charge in [-0.05, 0) is 79.6 Å². The van der Waals surface area contributed by atoms with E-state index in [9.17, 15) is 22.4 Å². The lowest BCUT2D eigenvalue weighted by Crippen LogP contribution is -2.51. The van der Waals surface area contributed by atoms with Gasteiger partial charge in [0.05, 0.1) is 17.2 Å². The molecule has 3 rings (SSSR count). The fourth-order valence-electron chi connectivity index (χ4n) is 4.06. The lowest BCUT2D eigenvalue weighted by atomic mass is 10.1. The van der Waals surface area contributed by atoms with E-state index in [0.717, 1.165) is 16.4 Å². The van der Waals surface area contributed by atoms with Gasteiger partial charge in [-0.15, -0.1) is 0 Å². The molecule has 0 fully saturated rings. The Morgan fingerprint density at radius 3 is 2.20 bits per heavy atom. The Hall–Kier alpha value is -3.34. The van der Waals surface area contributed by atoms with Crippen molar-refractivity contribution in [1.82, 2.24) is 10.2 Å². The molecular formula is C28H30Cl2FN3O5S. The highest BCUT2D eigenvalue weighted by Crippen LogP contribution is 2.28. The van der Waals surface area contributed by atoms with Gasteiger partial charge in [0.15, 0.2) is 0 Å². The van der Waals surface area contributed by atoms with E-state index in [0.29, 0.717) is 22.9 Å². The number of nitrogens with one attached hydrogen (secondary N) is 1. The molecule has 12 heteroatoms. The summed E-state index contributed by atoms with van der Waals surface area (Å²) in [6, 6.07) is 14.3. The number of benzene rings is 3. The predicted molar refractivity (Wildman–Crippen MR) is 154 cm³/mol. The fraction of sp³-hybridized carbons (Fsp3) is 0.286. The number of amides is 2. The van der Waals surface area contributed by atoms with E-state index in [-0.39, 0.29) is 28.6 Å². The summed E-state index contributed by atoms with van der Waals surface area (Å²) < 4.78 is 47.7. The molecule has 0 heterocycles. The number of carbonyl (C=O) groups excluding carboxylic acids is 2. The zero-order valence-electron chi connectivity index (χ0n) is 22.2. The molecule has 2 amide bonds. The van der Waals surface area contributed by atoms with E-state index in [1.807, 2.05) is 0 Å². The Bertz CT molecular complexity index is 1440. The molecule has 0 bridgehead atoms. The molecular weight excluding hydrogens is 580 g/mol. The zero-order chi connectivity index (χ0) is 29.4. The van der Waals surface area contributed by atoms with Crippen LogP contribution in [0.15, 0.2) is 71.6 Å². The molecule has 8 nitrogen and oxygen atoms in total. The Labute approximate surface area is 243 Å². The van der Waals surface area contributed by atoms with Crippen LogP contribution in [0.25, 0.3) is 0 Å². The average Bonchev–Trinajstić information content (AvgIpc) is 2.93. The highest BCUT2D eigenvalue weighted by Gasteiger charge is 2.33. The van der Waals surface area contributed by atoms with Crippen LogP contribution in [0.3, 0.4) is 0 Å². The molecule has 0 aliphatic carbocycles. The number of halogens is 3. The van der Waals surface area contributed by atoms with E-state index >= 15 is 0 Å². The van der Waals surface area contributed by atoms with Crippen molar-refractivity contribution in [3.8, 4) is 5.75 Å². The summed E-state index contributed by atoms with van der Waals surface area (Å²) in [7, 11) is -2.86. The fourth-order valence-corrected chi connectivity index (χ4v) is 5.94. The van der Waals surface area contributed by atoms with Crippen molar-refractivity contribution in [2.24, 2.45) is 0 Å². The molecule has 1 atom stereocenters. The summed E-state index contributed by atoms with van der Waals surface area (Å²) in [5.41, 5.74) is 0.588. The first-order valence-electron chi connectivity index (χ1n) is 12.5. The number of nitrogens with zero attached hydrogens (tertiary/aromatic N) is 2. The topological polar surface area (TPSA) is 96.0 Å². The molecule has 0 radical (unpaired) electrons. The van der Waals surface area contributed by atoms with Gasteiger partial charge in [-0.2, -0.15) is 0 Å². The first-order chi connectivity index (χ1) is 19.0. The van der Waals surface area contributed by atoms with Gasteiger partial charge in [0.2, 0.25) is 11.8 Å². The predicted octanol–water partition coefficient (Wildman–Crippen LogP) is 5.28. The van der Waals surface area contributed by atoms with E-state index in [1.54, 1.807) is 26.0 Å². The van der Waals surface area contributed by atoms with Crippen molar-refractivity contribution >= 4 is 50.7 Å². The molecule has 40 heavy (non-hydrogen) atoms. The zero-order valence-corrected chi connectivity index (χ0v) is 24.6. The van der Waals surface area contributed by atoms with Crippen LogP contribution in [-0.2, 0) is 26.2 Å². The van der Waals surface area contributed by atoms with Gasteiger partial charge >= 0.3 is 0 Å². The number of hydrogen-bond acceptors (Lipinski definition) is 5. The lowest BCUT2D eigenvalue weighted by Gasteiger charge is -2.33. The average molecular weight is 611 g/mol. The Kier molecular flexibility index (Phi) is 10.8. The Morgan fingerprint density at radius 1 is 1.00 bits per heavy atom. The van der Waals surface area contributed by atoms with Crippen LogP contribution in [0, 0.1) is 5.82 Å². The molecule has 0 saturated carbocycles. The summed E-state index contributed by atoms with van der Waals surface area (Å²) in [4.78, 5) is 27.8. The Balaban J connectivity index is 2.06. The number of anilines is 1. The monoisotopic (exact) mass is 609 g/mol. The minimum absolute atomic E-state index is 0.0705. The molecule has 1 N–H and O–H groups in total. The SMILES string of the molecule is CCOc1ccc(S(=O)(=O)N(CC(=O)N(Cc2ccc(Cl)cc2Cl)C(CC)C(=O)NC)c2ccc(F)cc2)cc1. The summed E-state index contributed by atoms with van der Waals surface area (Å²) in [5, 5.41) is 3.24. The van der Waals surface area contributed by atoms with Gasteiger partial charge in [0.25, 0.3) is 10.0 Å². The summed E-state index contributed by atoms with van der Waals surface area (Å²) >= 11 is 12.4. The van der Waals surface area contributed by atoms with Crippen molar-refractivity contribution in [2.75, 3.05) is 24.5 Å². The smallest absolute Gasteiger partial charge is 0.264 e. The van der Waals surface area contributed by atoms with E-state index < -0.39 is 40.2 Å². The van der Waals surface area contributed by atoms with Crippen LogP contribution in [0.2, 0.25) is 10.0 Å². The summed E-state index contributed by atoms with van der Waals surface area (Å²) in [6.07, 6.45) is 0.249. The third-order valence-corrected chi connectivity index (χ3v) is 8.48. The van der Waals surface area contributed by atoms with Crippen molar-refractivity contribution in [3.63, 3.8) is 0 Å². The Morgan fingerprint density at radius 2 is 1.65 bits per heavy atom. The number of ether oxygens (including phenoxy) is 1. The highest BCUT2D eigenvalue weighted by molar-refractivity contribution is 7.92. The maximum Gasteiger partial charge on any atom is 0.264 e. The number of hydrogen-bond donors (Lipinski definition) is 1. The molecule has 0 aliphatic heterocycles. The van der Waals surface area contributed by atoms with Crippen molar-refractivity contribution < 1.29 is 27.1 Å². The van der Waals surface area contributed by atoms with Crippen molar-refractivity contribution in [3.05, 3.63) is 88.2 Å². The van der Waals surface area contributed by atoms with Gasteiger partial charge in [-0.1, -0.05) is 36.2 Å². The lowest BCUT2D eigenvalue weighted by molar-refractivity contribution is -0.140. The van der Waals surface area contributed by atoms with Gasteiger partial charge in [-0.25, -0.2) is 12.8 Å². The van der Waals surface area contributed by atoms with Crippen LogP contribution in [0.4, 0.5) is 10.1 Å². The minimum Gasteiger partial charge on any atom is -0.494 e. The van der Waals surface area contributed by atoms with Crippen LogP contribution in [-0.4, -0.2) is 51.4 Å². The second-order valence-corrected chi connectivity index (χ2v) is 11.4. The minimum atomic E-state index is -4.31. The molecule has 0 aliphatic rings. The third kappa shape index (κ3) is 7.44. The standard InChI is InChI=1S/C28H30Cl2FN3O5S/c1-4-26(28(36)32-3)33(17-19-6-7-20(29)16-25(19)30)27(35)18-34(22-10-8-21(31)9-11-22)40(37,38)24-14-12-23(13-15-24)39-5-2/h6-16,26H,4-5,17-18H2,1-3H3,(H,32,36). The van der Waals surface area contributed by atoms with Crippen LogP contribution >= 0.6 is 23.2 Å². The summed E-state index contributed by atoms with van der Waals surface area (Å²) in [5.74, 6) is -1.18. The number of rotatable bonds is 12. The van der Waals surface area contributed by atoms with E-state index in [1.165, 1.54) is 54.4 Å². The van der Waals surface area contributed by atoms with Crippen molar-refractivity contribution in [2.45, 2.75) is 37.8 Å². The van der Waals surface area contributed by atoms with E-state index in [4.69, 9.17) is 27.9 Å². The second-order valence-electron chi connectivity index (χ2n) is 8.69. The molecule has 0 spiro atoms. The highest BCUT2D eigenvalue weighted by atomic mass is 35.5. The first-order valence-corrected chi connectivity index (χ1v) is 14.7. The van der Waals surface area contributed by atoms with Crippen molar-refractivity contribution in [1.29, 1.82) is 0 Å². The quantitative estimate of drug-likeness (QED) is 0.301. The molecule has 0 aromatic heterocycles. The number of likely N-dealkylation sites (N-methyl/N-ethyl adjacent to an activating group) is 1. The molecule has 214 valence electrons. The van der Waals surface area contributed by atoms with Crippen LogP contribution < -0.4 is 14.4 Å². The number of carbonyl (C=O) groups is 2. The summed E-state index contributed by atoms with van der Waals surface area (Å²) in [6.45, 7) is 3.19. The van der Waals surface area contributed by atoms with Gasteiger partial charge in [0, 0.05) is 23.6 Å². The van der Waals surface area contributed by atoms with Crippen LogP contribution in [0.1, 0.15) is 25.8 Å². The second kappa shape index (κ2) is 13.8. The third-order valence-electron chi connectivity index (χ3n) is 6.10. The molecule has 3 aromatic carbocycles. The molecule has 3 aromatic rings. The normalized spacial score (nSPS) is 11.9. The van der Waals surface area contributed by atoms with Gasteiger partial charge < -0.3 is 15.0 Å².